The smallest absolute Gasteiger partial charge is 0.128 e. The first-order chi connectivity index (χ1) is 6.50. The zero-order valence-electron chi connectivity index (χ0n) is 8.43. The second-order valence-electron chi connectivity index (χ2n) is 3.78. The van der Waals surface area contributed by atoms with Gasteiger partial charge in [-0.05, 0) is 37.0 Å². The maximum Gasteiger partial charge on any atom is 0.128 e. The minimum atomic E-state index is -0.245. The van der Waals surface area contributed by atoms with Gasteiger partial charge in [0.1, 0.15) is 5.82 Å². The Kier molecular flexibility index (Phi) is 3.90. The molecule has 3 heteroatoms. The SMILES string of the molecule is CC(N)CC(C)c1ccc(Cl)cc1F. The topological polar surface area (TPSA) is 26.0 Å². The molecule has 0 aliphatic heterocycles. The van der Waals surface area contributed by atoms with Crippen molar-refractivity contribution >= 4 is 11.6 Å². The Hall–Kier alpha value is -0.600. The van der Waals surface area contributed by atoms with E-state index in [4.69, 9.17) is 17.3 Å². The molecule has 0 radical (unpaired) electrons. The van der Waals surface area contributed by atoms with Crippen LogP contribution in [0.4, 0.5) is 4.39 Å². The van der Waals surface area contributed by atoms with Crippen LogP contribution in [-0.4, -0.2) is 6.04 Å². The molecule has 1 rings (SSSR count). The summed E-state index contributed by atoms with van der Waals surface area (Å²) in [6, 6.07) is 4.86. The van der Waals surface area contributed by atoms with Crippen molar-refractivity contribution in [2.45, 2.75) is 32.2 Å². The van der Waals surface area contributed by atoms with Gasteiger partial charge < -0.3 is 5.73 Å². The number of halogens is 2. The van der Waals surface area contributed by atoms with Crippen LogP contribution in [0.15, 0.2) is 18.2 Å². The van der Waals surface area contributed by atoms with Crippen molar-refractivity contribution < 1.29 is 4.39 Å². The third-order valence-electron chi connectivity index (χ3n) is 2.22. The standard InChI is InChI=1S/C11H15ClFN/c1-7(5-8(2)14)10-4-3-9(12)6-11(10)13/h3-4,6-8H,5,14H2,1-2H3. The van der Waals surface area contributed by atoms with Crippen LogP contribution in [0, 0.1) is 5.82 Å². The fraction of sp³-hybridized carbons (Fsp3) is 0.455. The van der Waals surface area contributed by atoms with E-state index in [1.165, 1.54) is 6.07 Å². The molecular weight excluding hydrogens is 201 g/mol. The molecular formula is C11H15ClFN. The largest absolute Gasteiger partial charge is 0.328 e. The van der Waals surface area contributed by atoms with Crippen LogP contribution in [0.25, 0.3) is 0 Å². The molecule has 2 atom stereocenters. The molecule has 0 fully saturated rings. The van der Waals surface area contributed by atoms with E-state index in [0.29, 0.717) is 10.6 Å². The summed E-state index contributed by atoms with van der Waals surface area (Å²) in [4.78, 5) is 0. The molecule has 2 N–H and O–H groups in total. The van der Waals surface area contributed by atoms with Gasteiger partial charge in [0, 0.05) is 11.1 Å². The van der Waals surface area contributed by atoms with Crippen molar-refractivity contribution in [3.05, 3.63) is 34.6 Å². The molecule has 2 unspecified atom stereocenters. The molecule has 1 aromatic carbocycles. The number of nitrogens with two attached hydrogens (primary N) is 1. The van der Waals surface area contributed by atoms with Crippen LogP contribution in [0.5, 0.6) is 0 Å². The second kappa shape index (κ2) is 4.76. The van der Waals surface area contributed by atoms with Crippen LogP contribution in [0.1, 0.15) is 31.7 Å². The predicted octanol–water partition coefficient (Wildman–Crippen LogP) is 3.32. The molecule has 0 aliphatic carbocycles. The predicted molar refractivity (Wildman–Crippen MR) is 58.1 cm³/mol. The van der Waals surface area contributed by atoms with Gasteiger partial charge in [-0.1, -0.05) is 24.6 Å². The van der Waals surface area contributed by atoms with Crippen LogP contribution in [0.3, 0.4) is 0 Å². The highest BCUT2D eigenvalue weighted by atomic mass is 35.5. The molecule has 0 saturated carbocycles. The highest BCUT2D eigenvalue weighted by Gasteiger charge is 2.12. The molecule has 0 bridgehead atoms. The van der Waals surface area contributed by atoms with Crippen molar-refractivity contribution in [3.63, 3.8) is 0 Å². The van der Waals surface area contributed by atoms with E-state index in [9.17, 15) is 4.39 Å². The summed E-state index contributed by atoms with van der Waals surface area (Å²) in [5, 5.41) is 0.430. The van der Waals surface area contributed by atoms with E-state index >= 15 is 0 Å². The van der Waals surface area contributed by atoms with Crippen LogP contribution < -0.4 is 5.73 Å². The fourth-order valence-corrected chi connectivity index (χ4v) is 1.74. The third kappa shape index (κ3) is 2.96. The van der Waals surface area contributed by atoms with Crippen molar-refractivity contribution in [2.24, 2.45) is 5.73 Å². The van der Waals surface area contributed by atoms with Gasteiger partial charge in [-0.2, -0.15) is 0 Å². The first-order valence-corrected chi connectivity index (χ1v) is 5.09. The number of benzene rings is 1. The first-order valence-electron chi connectivity index (χ1n) is 4.71. The highest BCUT2D eigenvalue weighted by Crippen LogP contribution is 2.25. The lowest BCUT2D eigenvalue weighted by molar-refractivity contribution is 0.542. The average molecular weight is 216 g/mol. The molecule has 14 heavy (non-hydrogen) atoms. The average Bonchev–Trinajstić information content (AvgIpc) is 2.01. The lowest BCUT2D eigenvalue weighted by Crippen LogP contribution is -2.17. The van der Waals surface area contributed by atoms with E-state index in [0.717, 1.165) is 6.42 Å². The quantitative estimate of drug-likeness (QED) is 0.823. The van der Waals surface area contributed by atoms with Crippen LogP contribution in [-0.2, 0) is 0 Å². The first kappa shape index (κ1) is 11.5. The molecule has 0 spiro atoms. The van der Waals surface area contributed by atoms with E-state index in [2.05, 4.69) is 0 Å². The zero-order valence-corrected chi connectivity index (χ0v) is 9.18. The summed E-state index contributed by atoms with van der Waals surface area (Å²) < 4.78 is 13.4. The molecule has 0 saturated heterocycles. The summed E-state index contributed by atoms with van der Waals surface area (Å²) in [5.41, 5.74) is 6.35. The van der Waals surface area contributed by atoms with Gasteiger partial charge in [-0.3, -0.25) is 0 Å². The molecule has 0 aliphatic rings. The lowest BCUT2D eigenvalue weighted by Gasteiger charge is -2.15. The Morgan fingerprint density at radius 2 is 2.07 bits per heavy atom. The molecule has 0 amide bonds. The molecule has 1 nitrogen and oxygen atoms in total. The summed E-state index contributed by atoms with van der Waals surface area (Å²) in [7, 11) is 0. The Morgan fingerprint density at radius 1 is 1.43 bits per heavy atom. The minimum absolute atomic E-state index is 0.0834. The van der Waals surface area contributed by atoms with E-state index in [1.807, 2.05) is 13.8 Å². The summed E-state index contributed by atoms with van der Waals surface area (Å²) in [5.74, 6) is -0.113. The molecule has 0 heterocycles. The van der Waals surface area contributed by atoms with Crippen molar-refractivity contribution in [1.29, 1.82) is 0 Å². The van der Waals surface area contributed by atoms with E-state index in [1.54, 1.807) is 12.1 Å². The van der Waals surface area contributed by atoms with E-state index < -0.39 is 0 Å². The Balaban J connectivity index is 2.84. The zero-order chi connectivity index (χ0) is 10.7. The van der Waals surface area contributed by atoms with Crippen molar-refractivity contribution in [1.82, 2.24) is 0 Å². The van der Waals surface area contributed by atoms with Gasteiger partial charge in [0.05, 0.1) is 0 Å². The second-order valence-corrected chi connectivity index (χ2v) is 4.22. The third-order valence-corrected chi connectivity index (χ3v) is 2.45. The molecule has 78 valence electrons. The molecule has 0 aromatic heterocycles. The van der Waals surface area contributed by atoms with Crippen LogP contribution >= 0.6 is 11.6 Å². The Morgan fingerprint density at radius 3 is 2.57 bits per heavy atom. The van der Waals surface area contributed by atoms with Gasteiger partial charge >= 0.3 is 0 Å². The van der Waals surface area contributed by atoms with Gasteiger partial charge in [0.15, 0.2) is 0 Å². The summed E-state index contributed by atoms with van der Waals surface area (Å²) >= 11 is 5.66. The monoisotopic (exact) mass is 215 g/mol. The lowest BCUT2D eigenvalue weighted by atomic mass is 9.94. The van der Waals surface area contributed by atoms with Gasteiger partial charge in [-0.15, -0.1) is 0 Å². The maximum atomic E-state index is 13.4. The number of hydrogen-bond acceptors (Lipinski definition) is 1. The fourth-order valence-electron chi connectivity index (χ4n) is 1.59. The van der Waals surface area contributed by atoms with Crippen molar-refractivity contribution in [3.8, 4) is 0 Å². The van der Waals surface area contributed by atoms with Gasteiger partial charge in [0.2, 0.25) is 0 Å². The normalized spacial score (nSPS) is 15.2. The highest BCUT2D eigenvalue weighted by molar-refractivity contribution is 6.30. The summed E-state index contributed by atoms with van der Waals surface area (Å²) in [6.07, 6.45) is 0.776. The van der Waals surface area contributed by atoms with Gasteiger partial charge in [-0.25, -0.2) is 4.39 Å². The van der Waals surface area contributed by atoms with E-state index in [-0.39, 0.29) is 17.8 Å². The van der Waals surface area contributed by atoms with Gasteiger partial charge in [0.25, 0.3) is 0 Å². The Bertz CT molecular complexity index is 312. The molecule has 1 aromatic rings. The maximum absolute atomic E-state index is 13.4. The number of hydrogen-bond donors (Lipinski definition) is 1. The van der Waals surface area contributed by atoms with Crippen LogP contribution in [0.2, 0.25) is 5.02 Å². The summed E-state index contributed by atoms with van der Waals surface area (Å²) in [6.45, 7) is 3.89. The minimum Gasteiger partial charge on any atom is -0.328 e. The Labute approximate surface area is 89.1 Å². The number of rotatable bonds is 3. The van der Waals surface area contributed by atoms with Crippen molar-refractivity contribution in [2.75, 3.05) is 0 Å².